The fraction of sp³-hybridized carbons (Fsp3) is 0.360. The van der Waals surface area contributed by atoms with Gasteiger partial charge in [0.15, 0.2) is 5.82 Å². The Morgan fingerprint density at radius 2 is 1.94 bits per heavy atom. The number of ketones is 1. The van der Waals surface area contributed by atoms with Crippen LogP contribution in [0.25, 0.3) is 5.69 Å². The van der Waals surface area contributed by atoms with Gasteiger partial charge in [0.05, 0.1) is 18.5 Å². The lowest BCUT2D eigenvalue weighted by Gasteiger charge is -2.14. The van der Waals surface area contributed by atoms with Crippen LogP contribution in [0.2, 0.25) is 5.02 Å². The average molecular weight is 449 g/mol. The minimum Gasteiger partial charge on any atom is -0.497 e. The van der Waals surface area contributed by atoms with Gasteiger partial charge in [0.2, 0.25) is 0 Å². The van der Waals surface area contributed by atoms with E-state index in [1.807, 2.05) is 54.0 Å². The van der Waals surface area contributed by atoms with Crippen LogP contribution in [0.3, 0.4) is 0 Å². The molecule has 2 heterocycles. The summed E-state index contributed by atoms with van der Waals surface area (Å²) in [6, 6.07) is 13.1. The summed E-state index contributed by atoms with van der Waals surface area (Å²) in [5.74, 6) is 3.13. The number of rotatable bonds is 7. The Morgan fingerprint density at radius 1 is 1.16 bits per heavy atom. The fourth-order valence-electron chi connectivity index (χ4n) is 4.27. The zero-order valence-corrected chi connectivity index (χ0v) is 19.0. The van der Waals surface area contributed by atoms with Crippen molar-refractivity contribution in [1.29, 1.82) is 0 Å². The fourth-order valence-corrected chi connectivity index (χ4v) is 4.39. The molecule has 2 aliphatic rings. The monoisotopic (exact) mass is 448 g/mol. The highest BCUT2D eigenvalue weighted by Crippen LogP contribution is 2.36. The van der Waals surface area contributed by atoms with Crippen LogP contribution in [-0.4, -0.2) is 33.4 Å². The molecular formula is C25H25ClN4O2. The molecule has 1 aliphatic carbocycles. The van der Waals surface area contributed by atoms with Crippen molar-refractivity contribution in [3.8, 4) is 11.4 Å². The van der Waals surface area contributed by atoms with Crippen LogP contribution in [0.4, 0.5) is 0 Å². The third-order valence-electron chi connectivity index (χ3n) is 6.20. The minimum atomic E-state index is -0.410. The van der Waals surface area contributed by atoms with Crippen molar-refractivity contribution in [2.24, 2.45) is 10.9 Å². The van der Waals surface area contributed by atoms with E-state index in [9.17, 15) is 4.79 Å². The molecule has 3 aromatic rings. The zero-order chi connectivity index (χ0) is 22.2. The zero-order valence-electron chi connectivity index (χ0n) is 18.2. The molecule has 0 saturated heterocycles. The summed E-state index contributed by atoms with van der Waals surface area (Å²) < 4.78 is 7.52. The normalized spacial score (nSPS) is 17.2. The number of fused-ring (bicyclic) bond motifs is 3. The lowest BCUT2D eigenvalue weighted by molar-refractivity contribution is -0.119. The summed E-state index contributed by atoms with van der Waals surface area (Å²) in [5, 5.41) is 9.42. The number of carbonyl (C=O) groups excluding carboxylic acids is 1. The molecule has 164 valence electrons. The Balaban J connectivity index is 1.63. The minimum absolute atomic E-state index is 0.219. The highest BCUT2D eigenvalue weighted by molar-refractivity contribution is 6.30. The molecule has 1 aromatic heterocycles. The third-order valence-corrected chi connectivity index (χ3v) is 6.45. The Hall–Kier alpha value is -2.99. The van der Waals surface area contributed by atoms with E-state index in [4.69, 9.17) is 21.3 Å². The first-order chi connectivity index (χ1) is 15.5. The van der Waals surface area contributed by atoms with Crippen molar-refractivity contribution in [2.45, 2.75) is 45.1 Å². The van der Waals surface area contributed by atoms with Crippen LogP contribution >= 0.6 is 11.6 Å². The van der Waals surface area contributed by atoms with Crippen molar-refractivity contribution in [2.75, 3.05) is 7.11 Å². The Bertz CT molecular complexity index is 1200. The number of methoxy groups -OCH3 is 1. The van der Waals surface area contributed by atoms with Crippen molar-refractivity contribution < 1.29 is 9.53 Å². The smallest absolute Gasteiger partial charge is 0.162 e. The Morgan fingerprint density at radius 3 is 2.66 bits per heavy atom. The van der Waals surface area contributed by atoms with E-state index in [1.165, 1.54) is 12.8 Å². The molecule has 5 rings (SSSR count). The van der Waals surface area contributed by atoms with E-state index in [2.05, 4.69) is 10.2 Å². The maximum atomic E-state index is 12.9. The van der Waals surface area contributed by atoms with Gasteiger partial charge in [-0.05, 0) is 49.6 Å². The summed E-state index contributed by atoms with van der Waals surface area (Å²) in [4.78, 5) is 18.0. The molecule has 0 N–H and O–H groups in total. The topological polar surface area (TPSA) is 69.4 Å². The summed E-state index contributed by atoms with van der Waals surface area (Å²) in [6.07, 6.45) is 4.39. The van der Waals surface area contributed by atoms with Gasteiger partial charge in [0.25, 0.3) is 0 Å². The van der Waals surface area contributed by atoms with Crippen molar-refractivity contribution >= 4 is 23.1 Å². The van der Waals surface area contributed by atoms with E-state index in [0.29, 0.717) is 23.7 Å². The SMILES string of the molecule is COc1ccc2c(c1)C(c1ccc(Cl)cc1)=NC(CC(=O)CCC1CC1)c1nnc(C)n1-2. The molecule has 32 heavy (non-hydrogen) atoms. The molecule has 0 spiro atoms. The number of hydrogen-bond donors (Lipinski definition) is 0. The number of carbonyl (C=O) groups is 1. The number of halogens is 1. The molecule has 0 bridgehead atoms. The number of Topliss-reactive ketones (excluding diaryl/α,β-unsaturated/α-hetero) is 1. The van der Waals surface area contributed by atoms with Gasteiger partial charge in [-0.2, -0.15) is 0 Å². The predicted octanol–water partition coefficient (Wildman–Crippen LogP) is 5.28. The first kappa shape index (κ1) is 20.9. The highest BCUT2D eigenvalue weighted by Gasteiger charge is 2.30. The number of nitrogens with zero attached hydrogens (tertiary/aromatic N) is 4. The number of aryl methyl sites for hydroxylation is 1. The van der Waals surface area contributed by atoms with Crippen LogP contribution in [0.1, 0.15) is 60.9 Å². The summed E-state index contributed by atoms with van der Waals surface area (Å²) in [6.45, 7) is 1.92. The predicted molar refractivity (Wildman–Crippen MR) is 124 cm³/mol. The van der Waals surface area contributed by atoms with Crippen LogP contribution < -0.4 is 4.74 Å². The Labute approximate surface area is 192 Å². The molecule has 1 saturated carbocycles. The summed E-state index contributed by atoms with van der Waals surface area (Å²) >= 11 is 6.14. The van der Waals surface area contributed by atoms with Gasteiger partial charge in [-0.1, -0.05) is 36.6 Å². The van der Waals surface area contributed by atoms with E-state index in [1.54, 1.807) is 7.11 Å². The number of ether oxygens (including phenoxy) is 1. The van der Waals surface area contributed by atoms with Gasteiger partial charge in [-0.25, -0.2) is 0 Å². The standard InChI is InChI=1S/C25H25ClN4O2/c1-15-28-29-25-22(13-19(31)10-5-16-3-4-16)27-24(17-6-8-18(26)9-7-17)21-14-20(32-2)11-12-23(21)30(15)25/h6-9,11-12,14,16,22H,3-5,10,13H2,1-2H3. The second-order valence-electron chi connectivity index (χ2n) is 8.55. The molecular weight excluding hydrogens is 424 g/mol. The summed E-state index contributed by atoms with van der Waals surface area (Å²) in [5.41, 5.74) is 3.55. The quantitative estimate of drug-likeness (QED) is 0.493. The largest absolute Gasteiger partial charge is 0.497 e. The number of aromatic nitrogens is 3. The first-order valence-electron chi connectivity index (χ1n) is 11.0. The number of benzene rings is 2. The Kier molecular flexibility index (Phi) is 5.55. The second kappa shape index (κ2) is 8.51. The molecule has 7 heteroatoms. The first-order valence-corrected chi connectivity index (χ1v) is 11.4. The molecule has 0 amide bonds. The molecule has 6 nitrogen and oxygen atoms in total. The summed E-state index contributed by atoms with van der Waals surface area (Å²) in [7, 11) is 1.65. The van der Waals surface area contributed by atoms with Gasteiger partial charge < -0.3 is 4.74 Å². The van der Waals surface area contributed by atoms with E-state index < -0.39 is 6.04 Å². The van der Waals surface area contributed by atoms with Crippen LogP contribution in [0.15, 0.2) is 47.5 Å². The molecule has 1 unspecified atom stereocenters. The maximum absolute atomic E-state index is 12.9. The number of aliphatic imine (C=N–C) groups is 1. The van der Waals surface area contributed by atoms with E-state index >= 15 is 0 Å². The molecule has 1 fully saturated rings. The van der Waals surface area contributed by atoms with Crippen LogP contribution in [0, 0.1) is 12.8 Å². The lowest BCUT2D eigenvalue weighted by atomic mass is 9.99. The van der Waals surface area contributed by atoms with Crippen molar-refractivity contribution in [3.63, 3.8) is 0 Å². The van der Waals surface area contributed by atoms with Crippen molar-refractivity contribution in [3.05, 3.63) is 70.3 Å². The van der Waals surface area contributed by atoms with E-state index in [-0.39, 0.29) is 5.78 Å². The third kappa shape index (κ3) is 4.07. The van der Waals surface area contributed by atoms with Crippen LogP contribution in [-0.2, 0) is 4.79 Å². The molecule has 1 aliphatic heterocycles. The van der Waals surface area contributed by atoms with Gasteiger partial charge in [-0.3, -0.25) is 14.4 Å². The molecule has 0 radical (unpaired) electrons. The van der Waals surface area contributed by atoms with Crippen LogP contribution in [0.5, 0.6) is 5.75 Å². The van der Waals surface area contributed by atoms with Gasteiger partial charge in [0, 0.05) is 29.0 Å². The van der Waals surface area contributed by atoms with Gasteiger partial charge >= 0.3 is 0 Å². The average Bonchev–Trinajstić information content (AvgIpc) is 3.57. The lowest BCUT2D eigenvalue weighted by Crippen LogP contribution is -2.11. The highest BCUT2D eigenvalue weighted by atomic mass is 35.5. The van der Waals surface area contributed by atoms with E-state index in [0.717, 1.165) is 46.4 Å². The number of hydrogen-bond acceptors (Lipinski definition) is 5. The maximum Gasteiger partial charge on any atom is 0.162 e. The van der Waals surface area contributed by atoms with Gasteiger partial charge in [0.1, 0.15) is 23.4 Å². The second-order valence-corrected chi connectivity index (χ2v) is 8.99. The molecule has 1 atom stereocenters. The van der Waals surface area contributed by atoms with Gasteiger partial charge in [-0.15, -0.1) is 10.2 Å². The molecule has 2 aromatic carbocycles. The van der Waals surface area contributed by atoms with Crippen molar-refractivity contribution in [1.82, 2.24) is 14.8 Å².